The molecule has 0 aliphatic rings. The van der Waals surface area contributed by atoms with Crippen LogP contribution in [0.3, 0.4) is 0 Å². The van der Waals surface area contributed by atoms with E-state index in [0.717, 1.165) is 11.5 Å². The van der Waals surface area contributed by atoms with Gasteiger partial charge in [0.25, 0.3) is 0 Å². The molecule has 0 bridgehead atoms. The lowest BCUT2D eigenvalue weighted by atomic mass is 9.97. The summed E-state index contributed by atoms with van der Waals surface area (Å²) in [6.07, 6.45) is 1.82. The van der Waals surface area contributed by atoms with E-state index in [0.29, 0.717) is 6.54 Å². The van der Waals surface area contributed by atoms with E-state index in [1.54, 1.807) is 0 Å². The second-order valence-corrected chi connectivity index (χ2v) is 5.12. The zero-order valence-electron chi connectivity index (χ0n) is 12.1. The van der Waals surface area contributed by atoms with Gasteiger partial charge in [0.1, 0.15) is 5.82 Å². The highest BCUT2D eigenvalue weighted by Gasteiger charge is 2.11. The minimum absolute atomic E-state index is 0.187. The first kappa shape index (κ1) is 13.7. The summed E-state index contributed by atoms with van der Waals surface area (Å²) in [5.74, 6) is 1.00. The van der Waals surface area contributed by atoms with E-state index < -0.39 is 0 Å². The van der Waals surface area contributed by atoms with Crippen molar-refractivity contribution in [2.75, 3.05) is 6.54 Å². The van der Waals surface area contributed by atoms with Crippen molar-refractivity contribution in [3.63, 3.8) is 0 Å². The molecule has 1 atom stereocenters. The van der Waals surface area contributed by atoms with Gasteiger partial charge in [0.15, 0.2) is 0 Å². The van der Waals surface area contributed by atoms with E-state index in [-0.39, 0.29) is 5.92 Å². The Balaban J connectivity index is 2.51. The highest BCUT2D eigenvalue weighted by Crippen LogP contribution is 2.26. The van der Waals surface area contributed by atoms with Crippen molar-refractivity contribution < 1.29 is 0 Å². The Morgan fingerprint density at radius 2 is 1.84 bits per heavy atom. The van der Waals surface area contributed by atoms with Gasteiger partial charge in [0.05, 0.1) is 5.69 Å². The predicted molar refractivity (Wildman–Crippen MR) is 79.1 cm³/mol. The normalized spacial score (nSPS) is 12.5. The van der Waals surface area contributed by atoms with Crippen LogP contribution in [-0.2, 0) is 0 Å². The first-order valence-corrected chi connectivity index (χ1v) is 6.64. The van der Waals surface area contributed by atoms with Gasteiger partial charge in [-0.2, -0.15) is 0 Å². The number of nitrogens with two attached hydrogens (primary N) is 1. The molecule has 0 saturated carbocycles. The molecule has 2 N–H and O–H groups in total. The molecule has 1 heterocycles. The summed E-state index contributed by atoms with van der Waals surface area (Å²) in [7, 11) is 0. The number of aromatic nitrogens is 2. The van der Waals surface area contributed by atoms with Crippen molar-refractivity contribution in [1.82, 2.24) is 9.97 Å². The number of benzene rings is 1. The lowest BCUT2D eigenvalue weighted by molar-refractivity contribution is 0.712. The molecule has 0 aliphatic heterocycles. The Morgan fingerprint density at radius 1 is 1.11 bits per heavy atom. The number of hydrogen-bond donors (Lipinski definition) is 1. The molecule has 3 heteroatoms. The zero-order chi connectivity index (χ0) is 14.0. The topological polar surface area (TPSA) is 51.8 Å². The zero-order valence-corrected chi connectivity index (χ0v) is 12.1. The van der Waals surface area contributed by atoms with Crippen LogP contribution < -0.4 is 5.73 Å². The van der Waals surface area contributed by atoms with Crippen LogP contribution in [0.15, 0.2) is 24.4 Å². The van der Waals surface area contributed by atoms with Crippen molar-refractivity contribution in [3.8, 4) is 11.3 Å². The molecule has 2 rings (SSSR count). The maximum absolute atomic E-state index is 5.69. The molecule has 0 spiro atoms. The third-order valence-electron chi connectivity index (χ3n) is 3.80. The van der Waals surface area contributed by atoms with Crippen LogP contribution in [0.1, 0.15) is 35.4 Å². The Kier molecular flexibility index (Phi) is 3.96. The van der Waals surface area contributed by atoms with Crippen molar-refractivity contribution in [1.29, 1.82) is 0 Å². The fourth-order valence-corrected chi connectivity index (χ4v) is 2.10. The lowest BCUT2D eigenvalue weighted by Gasteiger charge is -2.13. The monoisotopic (exact) mass is 255 g/mol. The Bertz CT molecular complexity index is 591. The quantitative estimate of drug-likeness (QED) is 0.916. The standard InChI is InChI=1S/C16H21N3/c1-10-5-6-14(13(4)12(10)3)15-7-8-18-16(19-15)11(2)9-17/h5-8,11H,9,17H2,1-4H3. The minimum Gasteiger partial charge on any atom is -0.330 e. The second kappa shape index (κ2) is 5.49. The smallest absolute Gasteiger partial charge is 0.133 e. The van der Waals surface area contributed by atoms with E-state index in [1.165, 1.54) is 22.3 Å². The fraction of sp³-hybridized carbons (Fsp3) is 0.375. The number of aryl methyl sites for hydroxylation is 1. The SMILES string of the molecule is Cc1ccc(-c2ccnc(C(C)CN)n2)c(C)c1C. The predicted octanol–water partition coefficient (Wildman–Crippen LogP) is 3.13. The van der Waals surface area contributed by atoms with E-state index in [4.69, 9.17) is 5.73 Å². The molecule has 1 aromatic carbocycles. The second-order valence-electron chi connectivity index (χ2n) is 5.12. The lowest BCUT2D eigenvalue weighted by Crippen LogP contribution is -2.12. The van der Waals surface area contributed by atoms with Gasteiger partial charge >= 0.3 is 0 Å². The summed E-state index contributed by atoms with van der Waals surface area (Å²) < 4.78 is 0. The van der Waals surface area contributed by atoms with Crippen LogP contribution in [0.2, 0.25) is 0 Å². The average molecular weight is 255 g/mol. The third kappa shape index (κ3) is 2.66. The van der Waals surface area contributed by atoms with E-state index in [1.807, 2.05) is 19.2 Å². The van der Waals surface area contributed by atoms with E-state index >= 15 is 0 Å². The van der Waals surface area contributed by atoms with Gasteiger partial charge in [-0.25, -0.2) is 9.97 Å². The van der Waals surface area contributed by atoms with Gasteiger partial charge in [-0.1, -0.05) is 19.1 Å². The number of rotatable bonds is 3. The number of nitrogens with zero attached hydrogens (tertiary/aromatic N) is 2. The highest BCUT2D eigenvalue weighted by atomic mass is 14.9. The van der Waals surface area contributed by atoms with E-state index in [9.17, 15) is 0 Å². The van der Waals surface area contributed by atoms with Crippen LogP contribution in [-0.4, -0.2) is 16.5 Å². The van der Waals surface area contributed by atoms with Gasteiger partial charge < -0.3 is 5.73 Å². The van der Waals surface area contributed by atoms with Crippen molar-refractivity contribution in [2.45, 2.75) is 33.6 Å². The van der Waals surface area contributed by atoms with Crippen molar-refractivity contribution >= 4 is 0 Å². The van der Waals surface area contributed by atoms with Crippen LogP contribution in [0.25, 0.3) is 11.3 Å². The molecule has 0 radical (unpaired) electrons. The molecular weight excluding hydrogens is 234 g/mol. The molecule has 0 fully saturated rings. The third-order valence-corrected chi connectivity index (χ3v) is 3.80. The van der Waals surface area contributed by atoms with Gasteiger partial charge in [-0.3, -0.25) is 0 Å². The molecule has 0 aliphatic carbocycles. The molecule has 1 unspecified atom stereocenters. The Hall–Kier alpha value is -1.74. The average Bonchev–Trinajstić information content (AvgIpc) is 2.44. The van der Waals surface area contributed by atoms with Crippen molar-refractivity contribution in [3.05, 3.63) is 46.9 Å². The van der Waals surface area contributed by atoms with Gasteiger partial charge in [-0.05, 0) is 43.5 Å². The Labute approximate surface area is 114 Å². The van der Waals surface area contributed by atoms with Crippen LogP contribution in [0.4, 0.5) is 0 Å². The van der Waals surface area contributed by atoms with Gasteiger partial charge in [-0.15, -0.1) is 0 Å². The van der Waals surface area contributed by atoms with Crippen LogP contribution in [0, 0.1) is 20.8 Å². The summed E-state index contributed by atoms with van der Waals surface area (Å²) in [5.41, 5.74) is 11.8. The van der Waals surface area contributed by atoms with Gasteiger partial charge in [0.2, 0.25) is 0 Å². The first-order valence-electron chi connectivity index (χ1n) is 6.64. The van der Waals surface area contributed by atoms with Crippen molar-refractivity contribution in [2.24, 2.45) is 5.73 Å². The number of hydrogen-bond acceptors (Lipinski definition) is 3. The molecule has 100 valence electrons. The first-order chi connectivity index (χ1) is 9.04. The Morgan fingerprint density at radius 3 is 2.53 bits per heavy atom. The fourth-order valence-electron chi connectivity index (χ4n) is 2.10. The molecule has 1 aromatic heterocycles. The van der Waals surface area contributed by atoms with Crippen LogP contribution >= 0.6 is 0 Å². The molecule has 0 saturated heterocycles. The summed E-state index contributed by atoms with van der Waals surface area (Å²) in [4.78, 5) is 8.97. The summed E-state index contributed by atoms with van der Waals surface area (Å²) >= 11 is 0. The molecule has 0 amide bonds. The maximum Gasteiger partial charge on any atom is 0.133 e. The van der Waals surface area contributed by atoms with E-state index in [2.05, 4.69) is 42.9 Å². The minimum atomic E-state index is 0.187. The largest absolute Gasteiger partial charge is 0.330 e. The highest BCUT2D eigenvalue weighted by molar-refractivity contribution is 5.65. The summed E-state index contributed by atoms with van der Waals surface area (Å²) in [6, 6.07) is 6.24. The summed E-state index contributed by atoms with van der Waals surface area (Å²) in [5, 5.41) is 0. The summed E-state index contributed by atoms with van der Waals surface area (Å²) in [6.45, 7) is 9.04. The van der Waals surface area contributed by atoms with Gasteiger partial charge in [0, 0.05) is 24.2 Å². The molecular formula is C16H21N3. The molecule has 2 aromatic rings. The maximum atomic E-state index is 5.69. The van der Waals surface area contributed by atoms with Crippen LogP contribution in [0.5, 0.6) is 0 Å². The molecule has 19 heavy (non-hydrogen) atoms. The molecule has 3 nitrogen and oxygen atoms in total.